The van der Waals surface area contributed by atoms with Crippen molar-refractivity contribution in [2.45, 2.75) is 19.8 Å². The molecule has 0 fully saturated rings. The molecule has 1 heterocycles. The average molecular weight is 277 g/mol. The van der Waals surface area contributed by atoms with E-state index >= 15 is 0 Å². The van der Waals surface area contributed by atoms with Crippen molar-refractivity contribution in [2.75, 3.05) is 19.7 Å². The number of benzene rings is 1. The molecule has 0 radical (unpaired) electrons. The molecule has 1 aliphatic heterocycles. The van der Waals surface area contributed by atoms with Gasteiger partial charge in [-0.25, -0.2) is 0 Å². The van der Waals surface area contributed by atoms with Crippen molar-refractivity contribution in [3.8, 4) is 5.75 Å². The van der Waals surface area contributed by atoms with Crippen molar-refractivity contribution >= 4 is 11.9 Å². The summed E-state index contributed by atoms with van der Waals surface area (Å²) < 4.78 is 5.50. The van der Waals surface area contributed by atoms with E-state index in [0.717, 1.165) is 5.56 Å². The fraction of sp³-hybridized carbons (Fsp3) is 0.467. The van der Waals surface area contributed by atoms with E-state index < -0.39 is 11.9 Å². The van der Waals surface area contributed by atoms with Crippen molar-refractivity contribution in [2.24, 2.45) is 5.92 Å². The molecule has 1 atom stereocenters. The number of amides is 1. The number of nitrogens with zero attached hydrogens (tertiary/aromatic N) is 1. The van der Waals surface area contributed by atoms with Crippen LogP contribution in [0.4, 0.5) is 0 Å². The third-order valence-corrected chi connectivity index (χ3v) is 3.22. The Bertz CT molecular complexity index is 512. The molecule has 20 heavy (non-hydrogen) atoms. The summed E-state index contributed by atoms with van der Waals surface area (Å²) in [5.41, 5.74) is 0.844. The second kappa shape index (κ2) is 5.94. The first kappa shape index (κ1) is 14.4. The quantitative estimate of drug-likeness (QED) is 0.890. The van der Waals surface area contributed by atoms with Crippen LogP contribution in [0.1, 0.15) is 25.3 Å². The molecule has 0 saturated heterocycles. The summed E-state index contributed by atoms with van der Waals surface area (Å²) >= 11 is 0. The second-order valence-electron chi connectivity index (χ2n) is 5.41. The van der Waals surface area contributed by atoms with Crippen LogP contribution in [0.2, 0.25) is 0 Å². The Balaban J connectivity index is 2.18. The number of rotatable bonds is 5. The number of fused-ring (bicyclic) bond motifs is 1. The SMILES string of the molecule is CC(C)CN(CC(=O)O)C(=O)C1COc2ccccc21. The summed E-state index contributed by atoms with van der Waals surface area (Å²) in [5, 5.41) is 8.96. The number of ether oxygens (including phenoxy) is 1. The van der Waals surface area contributed by atoms with Crippen molar-refractivity contribution in [3.63, 3.8) is 0 Å². The van der Waals surface area contributed by atoms with E-state index in [-0.39, 0.29) is 25.0 Å². The number of carboxylic acids is 1. The highest BCUT2D eigenvalue weighted by Crippen LogP contribution is 2.34. The number of carbonyl (C=O) groups excluding carboxylic acids is 1. The maximum atomic E-state index is 12.6. The summed E-state index contributed by atoms with van der Waals surface area (Å²) in [4.78, 5) is 24.9. The summed E-state index contributed by atoms with van der Waals surface area (Å²) in [6.45, 7) is 4.37. The molecule has 1 aromatic carbocycles. The highest BCUT2D eigenvalue weighted by atomic mass is 16.5. The number of para-hydroxylation sites is 1. The molecule has 5 heteroatoms. The van der Waals surface area contributed by atoms with Crippen molar-refractivity contribution in [1.29, 1.82) is 0 Å². The number of carbonyl (C=O) groups is 2. The molecule has 1 amide bonds. The van der Waals surface area contributed by atoms with Crippen LogP contribution in [0.5, 0.6) is 5.75 Å². The molecule has 0 saturated carbocycles. The molecular weight excluding hydrogens is 258 g/mol. The molecule has 0 aliphatic carbocycles. The first-order chi connectivity index (χ1) is 9.49. The van der Waals surface area contributed by atoms with E-state index in [1.165, 1.54) is 4.90 Å². The van der Waals surface area contributed by atoms with Crippen molar-refractivity contribution in [3.05, 3.63) is 29.8 Å². The molecule has 1 N–H and O–H groups in total. The number of hydrogen-bond donors (Lipinski definition) is 1. The van der Waals surface area contributed by atoms with E-state index in [9.17, 15) is 9.59 Å². The molecular formula is C15H19NO4. The lowest BCUT2D eigenvalue weighted by Gasteiger charge is -2.25. The van der Waals surface area contributed by atoms with Gasteiger partial charge in [-0.2, -0.15) is 0 Å². The van der Waals surface area contributed by atoms with Crippen molar-refractivity contribution < 1.29 is 19.4 Å². The first-order valence-electron chi connectivity index (χ1n) is 6.71. The molecule has 2 rings (SSSR count). The molecule has 0 bridgehead atoms. The van der Waals surface area contributed by atoms with Gasteiger partial charge in [-0.15, -0.1) is 0 Å². The highest BCUT2D eigenvalue weighted by molar-refractivity contribution is 5.88. The van der Waals surface area contributed by atoms with Gasteiger partial charge in [0.15, 0.2) is 0 Å². The summed E-state index contributed by atoms with van der Waals surface area (Å²) in [6.07, 6.45) is 0. The second-order valence-corrected chi connectivity index (χ2v) is 5.41. The standard InChI is InChI=1S/C15H19NO4/c1-10(2)7-16(8-14(17)18)15(19)12-9-20-13-6-4-3-5-11(12)13/h3-6,10,12H,7-9H2,1-2H3,(H,17,18). The molecule has 5 nitrogen and oxygen atoms in total. The zero-order valence-electron chi connectivity index (χ0n) is 11.7. The first-order valence-corrected chi connectivity index (χ1v) is 6.71. The fourth-order valence-electron chi connectivity index (χ4n) is 2.42. The zero-order chi connectivity index (χ0) is 14.7. The normalized spacial score (nSPS) is 16.6. The fourth-order valence-corrected chi connectivity index (χ4v) is 2.42. The Kier molecular flexibility index (Phi) is 4.27. The van der Waals surface area contributed by atoms with Crippen LogP contribution in [0, 0.1) is 5.92 Å². The third kappa shape index (κ3) is 3.10. The minimum atomic E-state index is -0.994. The van der Waals surface area contributed by atoms with Crippen LogP contribution >= 0.6 is 0 Å². The predicted molar refractivity (Wildman–Crippen MR) is 73.7 cm³/mol. The van der Waals surface area contributed by atoms with Crippen LogP contribution in [0.3, 0.4) is 0 Å². The van der Waals surface area contributed by atoms with Crippen LogP contribution < -0.4 is 4.74 Å². The van der Waals surface area contributed by atoms with Gasteiger partial charge in [0.05, 0.1) is 0 Å². The number of carboxylic acid groups (broad SMARTS) is 1. The van der Waals surface area contributed by atoms with E-state index in [4.69, 9.17) is 9.84 Å². The minimum Gasteiger partial charge on any atom is -0.492 e. The van der Waals surface area contributed by atoms with Gasteiger partial charge in [-0.1, -0.05) is 32.0 Å². The van der Waals surface area contributed by atoms with E-state index in [1.54, 1.807) is 0 Å². The molecule has 0 aromatic heterocycles. The lowest BCUT2D eigenvalue weighted by Crippen LogP contribution is -2.41. The van der Waals surface area contributed by atoms with Gasteiger partial charge in [0.2, 0.25) is 5.91 Å². The highest BCUT2D eigenvalue weighted by Gasteiger charge is 2.34. The van der Waals surface area contributed by atoms with Gasteiger partial charge in [0.1, 0.15) is 24.8 Å². The Hall–Kier alpha value is -2.04. The smallest absolute Gasteiger partial charge is 0.323 e. The number of hydrogen-bond acceptors (Lipinski definition) is 3. The maximum absolute atomic E-state index is 12.6. The Morgan fingerprint density at radius 3 is 2.75 bits per heavy atom. The Labute approximate surface area is 118 Å². The van der Waals surface area contributed by atoms with Crippen LogP contribution in [-0.4, -0.2) is 41.6 Å². The monoisotopic (exact) mass is 277 g/mol. The molecule has 1 unspecified atom stereocenters. The lowest BCUT2D eigenvalue weighted by molar-refractivity contribution is -0.145. The molecule has 0 spiro atoms. The average Bonchev–Trinajstić information content (AvgIpc) is 2.79. The molecule has 1 aromatic rings. The van der Waals surface area contributed by atoms with Gasteiger partial charge in [0.25, 0.3) is 0 Å². The van der Waals surface area contributed by atoms with Gasteiger partial charge in [-0.05, 0) is 12.0 Å². The van der Waals surface area contributed by atoms with Crippen LogP contribution in [0.25, 0.3) is 0 Å². The summed E-state index contributed by atoms with van der Waals surface area (Å²) in [6, 6.07) is 7.40. The summed E-state index contributed by atoms with van der Waals surface area (Å²) in [7, 11) is 0. The Morgan fingerprint density at radius 2 is 2.10 bits per heavy atom. The van der Waals surface area contributed by atoms with Gasteiger partial charge in [0, 0.05) is 12.1 Å². The predicted octanol–water partition coefficient (Wildman–Crippen LogP) is 1.73. The van der Waals surface area contributed by atoms with E-state index in [2.05, 4.69) is 0 Å². The van der Waals surface area contributed by atoms with Crippen LogP contribution in [-0.2, 0) is 9.59 Å². The topological polar surface area (TPSA) is 66.8 Å². The number of aliphatic carboxylic acids is 1. The largest absolute Gasteiger partial charge is 0.492 e. The van der Waals surface area contributed by atoms with Crippen molar-refractivity contribution in [1.82, 2.24) is 4.90 Å². The van der Waals surface area contributed by atoms with Gasteiger partial charge < -0.3 is 14.7 Å². The summed E-state index contributed by atoms with van der Waals surface area (Å²) in [5.74, 6) is -0.636. The third-order valence-electron chi connectivity index (χ3n) is 3.22. The van der Waals surface area contributed by atoms with Gasteiger partial charge >= 0.3 is 5.97 Å². The van der Waals surface area contributed by atoms with Gasteiger partial charge in [-0.3, -0.25) is 9.59 Å². The lowest BCUT2D eigenvalue weighted by atomic mass is 9.99. The zero-order valence-corrected chi connectivity index (χ0v) is 11.7. The maximum Gasteiger partial charge on any atom is 0.323 e. The molecule has 1 aliphatic rings. The minimum absolute atomic E-state index is 0.175. The van der Waals surface area contributed by atoms with E-state index in [1.807, 2.05) is 38.1 Å². The molecule has 108 valence electrons. The van der Waals surface area contributed by atoms with Crippen LogP contribution in [0.15, 0.2) is 24.3 Å². The van der Waals surface area contributed by atoms with E-state index in [0.29, 0.717) is 12.3 Å². The Morgan fingerprint density at radius 1 is 1.40 bits per heavy atom.